The van der Waals surface area contributed by atoms with Gasteiger partial charge in [-0.05, 0) is 24.3 Å². The van der Waals surface area contributed by atoms with Crippen LogP contribution in [0.2, 0.25) is 4.34 Å². The van der Waals surface area contributed by atoms with E-state index in [0.717, 1.165) is 0 Å². The van der Waals surface area contributed by atoms with Gasteiger partial charge < -0.3 is 15.1 Å². The van der Waals surface area contributed by atoms with Gasteiger partial charge in [0.15, 0.2) is 11.5 Å². The average Bonchev–Trinajstić information content (AvgIpc) is 3.20. The first-order valence-electron chi connectivity index (χ1n) is 6.93. The zero-order valence-corrected chi connectivity index (χ0v) is 13.7. The summed E-state index contributed by atoms with van der Waals surface area (Å²) in [5, 5.41) is 5.24. The van der Waals surface area contributed by atoms with Gasteiger partial charge in [-0.3, -0.25) is 14.4 Å². The van der Waals surface area contributed by atoms with Crippen LogP contribution < -0.4 is 10.6 Å². The number of carbonyl (C=O) groups excluding carboxylic acids is 3. The molecule has 2 heterocycles. The molecule has 0 aliphatic heterocycles. The predicted octanol–water partition coefficient (Wildman–Crippen LogP) is 2.50. The summed E-state index contributed by atoms with van der Waals surface area (Å²) in [5.41, 5.74) is 0. The maximum Gasteiger partial charge on any atom is 0.287 e. The lowest BCUT2D eigenvalue weighted by Crippen LogP contribution is -2.34. The van der Waals surface area contributed by atoms with Crippen LogP contribution in [0.1, 0.15) is 33.1 Å². The molecule has 2 amide bonds. The average molecular weight is 355 g/mol. The van der Waals surface area contributed by atoms with Gasteiger partial charge in [0.05, 0.1) is 15.5 Å². The zero-order valence-electron chi connectivity index (χ0n) is 12.1. The van der Waals surface area contributed by atoms with E-state index in [2.05, 4.69) is 10.6 Å². The maximum atomic E-state index is 11.8. The molecule has 0 bridgehead atoms. The first kappa shape index (κ1) is 17.2. The van der Waals surface area contributed by atoms with Crippen LogP contribution in [-0.2, 0) is 4.79 Å². The molecule has 122 valence electrons. The van der Waals surface area contributed by atoms with Gasteiger partial charge in [0.1, 0.15) is 0 Å². The van der Waals surface area contributed by atoms with Crippen LogP contribution in [0, 0.1) is 0 Å². The van der Waals surface area contributed by atoms with E-state index in [1.165, 1.54) is 17.6 Å². The topological polar surface area (TPSA) is 88.4 Å². The van der Waals surface area contributed by atoms with Gasteiger partial charge in [-0.15, -0.1) is 11.3 Å². The SMILES string of the molecule is O=C(CCC(=O)c1ccc(Cl)s1)NCCNC(=O)c1ccco1. The van der Waals surface area contributed by atoms with Gasteiger partial charge in [0, 0.05) is 25.9 Å². The Bertz CT molecular complexity index is 681. The van der Waals surface area contributed by atoms with Crippen molar-refractivity contribution in [3.63, 3.8) is 0 Å². The normalized spacial score (nSPS) is 10.3. The molecule has 0 aliphatic rings. The Morgan fingerprint density at radius 3 is 2.52 bits per heavy atom. The highest BCUT2D eigenvalue weighted by atomic mass is 35.5. The lowest BCUT2D eigenvalue weighted by Gasteiger charge is -2.05. The van der Waals surface area contributed by atoms with Crippen LogP contribution in [0.25, 0.3) is 0 Å². The van der Waals surface area contributed by atoms with Gasteiger partial charge in [-0.25, -0.2) is 0 Å². The minimum Gasteiger partial charge on any atom is -0.459 e. The van der Waals surface area contributed by atoms with Crippen LogP contribution in [0.3, 0.4) is 0 Å². The van der Waals surface area contributed by atoms with E-state index in [-0.39, 0.29) is 49.3 Å². The second-order valence-corrected chi connectivity index (χ2v) is 6.33. The van der Waals surface area contributed by atoms with Gasteiger partial charge >= 0.3 is 0 Å². The standard InChI is InChI=1S/C15H15ClN2O4S/c16-13-5-4-12(23-13)10(19)3-6-14(20)17-7-8-18-15(21)11-2-1-9-22-11/h1-2,4-5,9H,3,6-8H2,(H,17,20)(H,18,21). The summed E-state index contributed by atoms with van der Waals surface area (Å²) in [4.78, 5) is 35.6. The van der Waals surface area contributed by atoms with Crippen molar-refractivity contribution in [3.05, 3.63) is 45.5 Å². The molecule has 0 radical (unpaired) electrons. The van der Waals surface area contributed by atoms with E-state index < -0.39 is 0 Å². The highest BCUT2D eigenvalue weighted by molar-refractivity contribution is 7.18. The monoisotopic (exact) mass is 354 g/mol. The lowest BCUT2D eigenvalue weighted by atomic mass is 10.2. The molecule has 2 aromatic rings. The Labute approximate surface area is 141 Å². The van der Waals surface area contributed by atoms with Crippen molar-refractivity contribution in [2.75, 3.05) is 13.1 Å². The third-order valence-electron chi connectivity index (χ3n) is 2.90. The molecule has 2 N–H and O–H groups in total. The van der Waals surface area contributed by atoms with Crippen LogP contribution in [0.4, 0.5) is 0 Å². The second-order valence-electron chi connectivity index (χ2n) is 4.61. The Morgan fingerprint density at radius 1 is 1.09 bits per heavy atom. The summed E-state index contributed by atoms with van der Waals surface area (Å²) in [5.74, 6) is -0.470. The molecular weight excluding hydrogens is 340 g/mol. The molecule has 0 aliphatic carbocycles. The van der Waals surface area contributed by atoms with Crippen molar-refractivity contribution in [1.29, 1.82) is 0 Å². The quantitative estimate of drug-likeness (QED) is 0.563. The molecule has 0 spiro atoms. The number of thiophene rings is 1. The van der Waals surface area contributed by atoms with E-state index in [0.29, 0.717) is 9.21 Å². The number of ketones is 1. The fourth-order valence-corrected chi connectivity index (χ4v) is 2.79. The predicted molar refractivity (Wildman–Crippen MR) is 86.9 cm³/mol. The number of amides is 2. The van der Waals surface area contributed by atoms with Crippen molar-refractivity contribution >= 4 is 40.5 Å². The van der Waals surface area contributed by atoms with E-state index in [4.69, 9.17) is 16.0 Å². The third kappa shape index (κ3) is 5.54. The summed E-state index contributed by atoms with van der Waals surface area (Å²) < 4.78 is 5.48. The molecule has 2 rings (SSSR count). The number of carbonyl (C=O) groups is 3. The number of nitrogens with one attached hydrogen (secondary N) is 2. The zero-order chi connectivity index (χ0) is 16.7. The Kier molecular flexibility index (Phi) is 6.37. The number of furan rings is 1. The molecule has 0 aromatic carbocycles. The van der Waals surface area contributed by atoms with E-state index in [1.807, 2.05) is 0 Å². The van der Waals surface area contributed by atoms with E-state index >= 15 is 0 Å². The number of halogens is 1. The summed E-state index contributed by atoms with van der Waals surface area (Å²) in [7, 11) is 0. The number of rotatable bonds is 8. The molecular formula is C15H15ClN2O4S. The fourth-order valence-electron chi connectivity index (χ4n) is 1.78. The van der Waals surface area contributed by atoms with E-state index in [1.54, 1.807) is 24.3 Å². The smallest absolute Gasteiger partial charge is 0.287 e. The van der Waals surface area contributed by atoms with Gasteiger partial charge in [-0.1, -0.05) is 11.6 Å². The second kappa shape index (κ2) is 8.50. The number of hydrogen-bond donors (Lipinski definition) is 2. The molecule has 6 nitrogen and oxygen atoms in total. The summed E-state index contributed by atoms with van der Waals surface area (Å²) in [6, 6.07) is 6.48. The minimum atomic E-state index is -0.339. The minimum absolute atomic E-state index is 0.0977. The summed E-state index contributed by atoms with van der Waals surface area (Å²) in [6.45, 7) is 0.560. The molecule has 0 atom stereocenters. The summed E-state index contributed by atoms with van der Waals surface area (Å²) >= 11 is 6.96. The van der Waals surface area contributed by atoms with Crippen LogP contribution in [-0.4, -0.2) is 30.7 Å². The number of hydrogen-bond acceptors (Lipinski definition) is 5. The molecule has 0 saturated carbocycles. The maximum absolute atomic E-state index is 11.8. The largest absolute Gasteiger partial charge is 0.459 e. The third-order valence-corrected chi connectivity index (χ3v) is 4.18. The Balaban J connectivity index is 1.60. The first-order chi connectivity index (χ1) is 11.1. The Morgan fingerprint density at radius 2 is 1.87 bits per heavy atom. The fraction of sp³-hybridized carbons (Fsp3) is 0.267. The lowest BCUT2D eigenvalue weighted by molar-refractivity contribution is -0.121. The highest BCUT2D eigenvalue weighted by Crippen LogP contribution is 2.22. The van der Waals surface area contributed by atoms with Crippen LogP contribution in [0.5, 0.6) is 0 Å². The van der Waals surface area contributed by atoms with Crippen molar-refractivity contribution in [3.8, 4) is 0 Å². The first-order valence-corrected chi connectivity index (χ1v) is 8.12. The van der Waals surface area contributed by atoms with Gasteiger partial charge in [0.2, 0.25) is 5.91 Å². The van der Waals surface area contributed by atoms with E-state index in [9.17, 15) is 14.4 Å². The van der Waals surface area contributed by atoms with Gasteiger partial charge in [0.25, 0.3) is 5.91 Å². The number of Topliss-reactive ketones (excluding diaryl/α,β-unsaturated/α-hetero) is 1. The van der Waals surface area contributed by atoms with Gasteiger partial charge in [-0.2, -0.15) is 0 Å². The molecule has 2 aromatic heterocycles. The van der Waals surface area contributed by atoms with Crippen molar-refractivity contribution in [1.82, 2.24) is 10.6 Å². The highest BCUT2D eigenvalue weighted by Gasteiger charge is 2.11. The van der Waals surface area contributed by atoms with Crippen LogP contribution in [0.15, 0.2) is 34.9 Å². The molecule has 0 saturated heterocycles. The van der Waals surface area contributed by atoms with Crippen molar-refractivity contribution < 1.29 is 18.8 Å². The molecule has 8 heteroatoms. The molecule has 0 unspecified atom stereocenters. The molecule has 0 fully saturated rings. The summed E-state index contributed by atoms with van der Waals surface area (Å²) in [6.07, 6.45) is 1.64. The molecule has 23 heavy (non-hydrogen) atoms. The Hall–Kier alpha value is -2.12. The van der Waals surface area contributed by atoms with Crippen molar-refractivity contribution in [2.45, 2.75) is 12.8 Å². The van der Waals surface area contributed by atoms with Crippen LogP contribution >= 0.6 is 22.9 Å². The van der Waals surface area contributed by atoms with Crippen molar-refractivity contribution in [2.24, 2.45) is 0 Å².